The molecule has 4 unspecified atom stereocenters. The van der Waals surface area contributed by atoms with Crippen LogP contribution in [0.3, 0.4) is 0 Å². The second-order valence-electron chi connectivity index (χ2n) is 24.5. The molecule has 0 aromatic heterocycles. The van der Waals surface area contributed by atoms with Crippen molar-refractivity contribution in [3.05, 3.63) is 24.3 Å². The van der Waals surface area contributed by atoms with Crippen molar-refractivity contribution in [2.75, 3.05) is 39.6 Å². The van der Waals surface area contributed by atoms with Gasteiger partial charge in [0.25, 0.3) is 0 Å². The largest absolute Gasteiger partial charge is 0.472 e. The van der Waals surface area contributed by atoms with E-state index in [4.69, 9.17) is 37.0 Å². The molecular weight excluding hydrogens is 1140 g/mol. The number of hydrogen-bond acceptors (Lipinski definition) is 15. The molecule has 0 aromatic rings. The number of carbonyl (C=O) groups excluding carboxylic acids is 4. The number of aliphatic hydroxyl groups is 1. The Morgan fingerprint density at radius 2 is 0.686 bits per heavy atom. The quantitative estimate of drug-likeness (QED) is 0.0169. The van der Waals surface area contributed by atoms with Crippen LogP contribution in [0.25, 0.3) is 0 Å². The molecule has 0 aliphatic rings. The fraction of sp³-hybridized carbons (Fsp3) is 0.881. The topological polar surface area (TPSA) is 237 Å². The van der Waals surface area contributed by atoms with Crippen molar-refractivity contribution in [3.8, 4) is 0 Å². The monoisotopic (exact) mass is 1260 g/mol. The molecule has 0 radical (unpaired) electrons. The molecule has 506 valence electrons. The molecule has 0 amide bonds. The van der Waals surface area contributed by atoms with Crippen molar-refractivity contribution in [2.45, 2.75) is 324 Å². The van der Waals surface area contributed by atoms with Crippen LogP contribution >= 0.6 is 15.6 Å². The summed E-state index contributed by atoms with van der Waals surface area (Å²) in [6.45, 7) is 11.6. The standard InChI is InChI=1S/C67H126O17P2/c1-8-11-12-13-14-15-16-17-18-19-20-21-26-36-43-50-66(71)83-62(55-78-65(70)49-42-35-30-28-33-40-47-60(7)10-3)56-81-85(73,74)79-52-61(68)53-80-86(75,76)82-57-63(84-67(72)51-44-37-29-27-31-38-45-58(4)5)54-77-64(69)48-41-34-25-23-22-24-32-39-46-59(6)9-2/h15-18,58-63,68H,8-14,19-57H2,1-7H3,(H,73,74)(H,75,76)/b16-15-,18-17-/t59?,60?,61-,62+,63+/m0/s1. The van der Waals surface area contributed by atoms with E-state index in [1.807, 2.05) is 0 Å². The van der Waals surface area contributed by atoms with E-state index >= 15 is 0 Å². The van der Waals surface area contributed by atoms with Crippen molar-refractivity contribution >= 4 is 39.5 Å². The molecule has 86 heavy (non-hydrogen) atoms. The summed E-state index contributed by atoms with van der Waals surface area (Å²) in [6.07, 6.45) is 42.7. The summed E-state index contributed by atoms with van der Waals surface area (Å²) in [7, 11) is -9.91. The van der Waals surface area contributed by atoms with Gasteiger partial charge >= 0.3 is 39.5 Å². The molecule has 0 spiro atoms. The van der Waals surface area contributed by atoms with Crippen LogP contribution in [0.1, 0.15) is 305 Å². The van der Waals surface area contributed by atoms with E-state index < -0.39 is 97.5 Å². The Balaban J connectivity index is 5.28. The number of unbranched alkanes of at least 4 members (excludes halogenated alkanes) is 26. The second-order valence-corrected chi connectivity index (χ2v) is 27.4. The minimum atomic E-state index is -4.96. The van der Waals surface area contributed by atoms with Gasteiger partial charge in [0.1, 0.15) is 19.3 Å². The van der Waals surface area contributed by atoms with Crippen LogP contribution < -0.4 is 0 Å². The number of hydrogen-bond donors (Lipinski definition) is 3. The van der Waals surface area contributed by atoms with Crippen molar-refractivity contribution in [1.82, 2.24) is 0 Å². The number of phosphoric acid groups is 2. The predicted molar refractivity (Wildman–Crippen MR) is 344 cm³/mol. The first-order valence-electron chi connectivity index (χ1n) is 34.2. The number of allylic oxidation sites excluding steroid dienone is 4. The van der Waals surface area contributed by atoms with Crippen molar-refractivity contribution in [3.63, 3.8) is 0 Å². The van der Waals surface area contributed by atoms with Crippen molar-refractivity contribution in [1.29, 1.82) is 0 Å². The van der Waals surface area contributed by atoms with Crippen LogP contribution in [0, 0.1) is 17.8 Å². The Morgan fingerprint density at radius 3 is 1.03 bits per heavy atom. The van der Waals surface area contributed by atoms with Gasteiger partial charge in [-0.3, -0.25) is 37.3 Å². The third kappa shape index (κ3) is 57.9. The zero-order valence-electron chi connectivity index (χ0n) is 55.3. The molecule has 3 N–H and O–H groups in total. The smallest absolute Gasteiger partial charge is 0.462 e. The first-order valence-corrected chi connectivity index (χ1v) is 37.2. The number of aliphatic hydroxyl groups excluding tert-OH is 1. The highest BCUT2D eigenvalue weighted by Gasteiger charge is 2.30. The van der Waals surface area contributed by atoms with Gasteiger partial charge in [-0.1, -0.05) is 253 Å². The van der Waals surface area contributed by atoms with Gasteiger partial charge in [-0.25, -0.2) is 9.13 Å². The number of rotatable bonds is 63. The molecule has 7 atom stereocenters. The number of esters is 4. The summed E-state index contributed by atoms with van der Waals surface area (Å²) in [5.41, 5.74) is 0. The Bertz CT molecular complexity index is 1800. The summed E-state index contributed by atoms with van der Waals surface area (Å²) < 4.78 is 68.0. The van der Waals surface area contributed by atoms with Crippen molar-refractivity contribution < 1.29 is 80.2 Å². The Labute approximate surface area is 522 Å². The molecule has 0 saturated heterocycles. The minimum Gasteiger partial charge on any atom is -0.462 e. The van der Waals surface area contributed by atoms with Gasteiger partial charge in [0.05, 0.1) is 26.4 Å². The summed E-state index contributed by atoms with van der Waals surface area (Å²) >= 11 is 0. The van der Waals surface area contributed by atoms with E-state index in [-0.39, 0.29) is 25.7 Å². The number of ether oxygens (including phenoxy) is 4. The van der Waals surface area contributed by atoms with Crippen LogP contribution in [0.2, 0.25) is 0 Å². The molecular formula is C67H126O17P2. The van der Waals surface area contributed by atoms with Gasteiger partial charge in [-0.15, -0.1) is 0 Å². The maximum Gasteiger partial charge on any atom is 0.472 e. The fourth-order valence-electron chi connectivity index (χ4n) is 9.41. The lowest BCUT2D eigenvalue weighted by Gasteiger charge is -2.21. The molecule has 17 nitrogen and oxygen atoms in total. The van der Waals surface area contributed by atoms with E-state index in [2.05, 4.69) is 72.8 Å². The summed E-state index contributed by atoms with van der Waals surface area (Å²) in [5.74, 6) is 0.00316. The maximum absolute atomic E-state index is 13.0. The van der Waals surface area contributed by atoms with Gasteiger partial charge < -0.3 is 33.8 Å². The van der Waals surface area contributed by atoms with Crippen LogP contribution in [0.5, 0.6) is 0 Å². The van der Waals surface area contributed by atoms with Crippen LogP contribution in [0.4, 0.5) is 0 Å². The van der Waals surface area contributed by atoms with E-state index in [0.29, 0.717) is 31.6 Å². The fourth-order valence-corrected chi connectivity index (χ4v) is 11.0. The van der Waals surface area contributed by atoms with E-state index in [1.54, 1.807) is 0 Å². The number of carbonyl (C=O) groups is 4. The van der Waals surface area contributed by atoms with Crippen LogP contribution in [0.15, 0.2) is 24.3 Å². The maximum atomic E-state index is 13.0. The number of phosphoric ester groups is 2. The Kier molecular flexibility index (Phi) is 56.0. The van der Waals surface area contributed by atoms with Crippen LogP contribution in [-0.4, -0.2) is 96.7 Å². The molecule has 0 bridgehead atoms. The molecule has 0 heterocycles. The van der Waals surface area contributed by atoms with Gasteiger partial charge in [0.15, 0.2) is 12.2 Å². The third-order valence-electron chi connectivity index (χ3n) is 15.5. The Hall–Kier alpha value is -2.46. The third-order valence-corrected chi connectivity index (χ3v) is 17.4. The molecule has 0 aromatic carbocycles. The van der Waals surface area contributed by atoms with Gasteiger partial charge in [-0.2, -0.15) is 0 Å². The molecule has 0 rings (SSSR count). The summed E-state index contributed by atoms with van der Waals surface area (Å²) in [5, 5.41) is 10.5. The van der Waals surface area contributed by atoms with E-state index in [9.17, 15) is 43.2 Å². The molecule has 0 saturated carbocycles. The predicted octanol–water partition coefficient (Wildman–Crippen LogP) is 18.2. The van der Waals surface area contributed by atoms with Gasteiger partial charge in [0, 0.05) is 25.7 Å². The lowest BCUT2D eigenvalue weighted by atomic mass is 9.99. The first-order chi connectivity index (χ1) is 41.3. The lowest BCUT2D eigenvalue weighted by molar-refractivity contribution is -0.161. The highest BCUT2D eigenvalue weighted by molar-refractivity contribution is 7.47. The molecule has 19 heteroatoms. The van der Waals surface area contributed by atoms with Crippen molar-refractivity contribution in [2.24, 2.45) is 17.8 Å². The molecule has 0 fully saturated rings. The van der Waals surface area contributed by atoms with Gasteiger partial charge in [-0.05, 0) is 69.1 Å². The average molecular weight is 1270 g/mol. The lowest BCUT2D eigenvalue weighted by Crippen LogP contribution is -2.30. The van der Waals surface area contributed by atoms with E-state index in [1.165, 1.54) is 96.3 Å². The first kappa shape index (κ1) is 83.5. The van der Waals surface area contributed by atoms with E-state index in [0.717, 1.165) is 121 Å². The SMILES string of the molecule is CCCCCC/C=C\C=C/CCCCCCCC(=O)O[C@H](COC(=O)CCCCCCCCC(C)CC)COP(=O)(O)OC[C@H](O)COP(=O)(O)OC[C@@H](COC(=O)CCCCCCCCCCC(C)CC)OC(=O)CCCCCCCCC(C)C. The van der Waals surface area contributed by atoms with Crippen LogP contribution in [-0.2, 0) is 65.4 Å². The normalized spacial score (nSPS) is 15.1. The average Bonchev–Trinajstić information content (AvgIpc) is 3.59. The zero-order valence-corrected chi connectivity index (χ0v) is 57.0. The Morgan fingerprint density at radius 1 is 0.384 bits per heavy atom. The minimum absolute atomic E-state index is 0.0834. The molecule has 0 aliphatic heterocycles. The van der Waals surface area contributed by atoms with Gasteiger partial charge in [0.2, 0.25) is 0 Å². The highest BCUT2D eigenvalue weighted by Crippen LogP contribution is 2.45. The summed E-state index contributed by atoms with van der Waals surface area (Å²) in [6, 6.07) is 0. The highest BCUT2D eigenvalue weighted by atomic mass is 31.2. The molecule has 0 aliphatic carbocycles. The zero-order chi connectivity index (χ0) is 63.8. The second kappa shape index (κ2) is 57.7. The summed E-state index contributed by atoms with van der Waals surface area (Å²) in [4.78, 5) is 72.3.